The topological polar surface area (TPSA) is 89.0 Å². The summed E-state index contributed by atoms with van der Waals surface area (Å²) in [5, 5.41) is 6.05. The number of ether oxygens (including phenoxy) is 2. The van der Waals surface area contributed by atoms with Crippen molar-refractivity contribution in [2.45, 2.75) is 20.1 Å². The van der Waals surface area contributed by atoms with Crippen LogP contribution >= 0.6 is 24.0 Å². The quantitative estimate of drug-likeness (QED) is 0.201. The maximum atomic E-state index is 12.4. The number of hydrogen-bond donors (Lipinski definition) is 2. The molecular weight excluding hydrogens is 495 g/mol. The van der Waals surface area contributed by atoms with Crippen molar-refractivity contribution in [1.29, 1.82) is 0 Å². The third-order valence-electron chi connectivity index (χ3n) is 3.08. The second kappa shape index (κ2) is 13.9. The molecule has 0 saturated carbocycles. The van der Waals surface area contributed by atoms with Crippen molar-refractivity contribution in [1.82, 2.24) is 10.6 Å². The van der Waals surface area contributed by atoms with Gasteiger partial charge >= 0.3 is 6.61 Å². The molecule has 0 aliphatic heterocycles. The van der Waals surface area contributed by atoms with Crippen molar-refractivity contribution in [2.24, 2.45) is 4.99 Å². The zero-order chi connectivity index (χ0) is 19.4. The molecule has 0 heterocycles. The molecule has 0 atom stereocenters. The number of para-hydroxylation sites is 1. The van der Waals surface area contributed by atoms with Crippen molar-refractivity contribution in [3.63, 3.8) is 0 Å². The first-order valence-corrected chi connectivity index (χ1v) is 10.2. The standard InChI is InChI=1S/C16H25F2N3O4S.HI/c1-3-19-16(20-8-9-24-10-11-26(2,22)23)21-12-13-6-4-5-7-14(13)25-15(17)18;/h4-7,15H,3,8-12H2,1-2H3,(H2,19,20,21);1H. The highest BCUT2D eigenvalue weighted by molar-refractivity contribution is 14.0. The van der Waals surface area contributed by atoms with Gasteiger partial charge in [0.05, 0.1) is 25.5 Å². The lowest BCUT2D eigenvalue weighted by atomic mass is 10.2. The van der Waals surface area contributed by atoms with Crippen LogP contribution in [-0.4, -0.2) is 59.3 Å². The van der Waals surface area contributed by atoms with Crippen LogP contribution in [0.2, 0.25) is 0 Å². The average Bonchev–Trinajstić information content (AvgIpc) is 2.55. The van der Waals surface area contributed by atoms with Crippen LogP contribution in [0, 0.1) is 0 Å². The zero-order valence-corrected chi connectivity index (χ0v) is 18.4. The van der Waals surface area contributed by atoms with E-state index in [-0.39, 0.29) is 48.6 Å². The third-order valence-corrected chi connectivity index (χ3v) is 3.99. The first kappa shape index (κ1) is 25.8. The van der Waals surface area contributed by atoms with E-state index in [1.807, 2.05) is 6.92 Å². The van der Waals surface area contributed by atoms with E-state index in [2.05, 4.69) is 20.4 Å². The van der Waals surface area contributed by atoms with Crippen molar-refractivity contribution in [2.75, 3.05) is 38.3 Å². The lowest BCUT2D eigenvalue weighted by Gasteiger charge is -2.13. The number of rotatable bonds is 11. The largest absolute Gasteiger partial charge is 0.434 e. The molecule has 156 valence electrons. The molecular formula is C16H26F2IN3O4S. The van der Waals surface area contributed by atoms with E-state index in [1.165, 1.54) is 6.07 Å². The first-order valence-electron chi connectivity index (χ1n) is 8.12. The molecule has 0 aromatic heterocycles. The normalized spacial score (nSPS) is 11.8. The molecule has 1 rings (SSSR count). The van der Waals surface area contributed by atoms with Gasteiger partial charge in [-0.3, -0.25) is 0 Å². The number of halogens is 3. The Labute approximate surface area is 175 Å². The number of nitrogens with zero attached hydrogens (tertiary/aromatic N) is 1. The number of guanidine groups is 1. The molecule has 7 nitrogen and oxygen atoms in total. The van der Waals surface area contributed by atoms with Crippen molar-refractivity contribution >= 4 is 39.8 Å². The fraction of sp³-hybridized carbons (Fsp3) is 0.562. The smallest absolute Gasteiger partial charge is 0.387 e. The summed E-state index contributed by atoms with van der Waals surface area (Å²) in [7, 11) is -3.04. The molecule has 0 fully saturated rings. The number of hydrogen-bond acceptors (Lipinski definition) is 5. The van der Waals surface area contributed by atoms with Crippen molar-refractivity contribution in [3.05, 3.63) is 29.8 Å². The van der Waals surface area contributed by atoms with Gasteiger partial charge in [-0.25, -0.2) is 13.4 Å². The second-order valence-electron chi connectivity index (χ2n) is 5.35. The maximum Gasteiger partial charge on any atom is 0.387 e. The van der Waals surface area contributed by atoms with E-state index >= 15 is 0 Å². The molecule has 0 aliphatic rings. The Morgan fingerprint density at radius 3 is 2.56 bits per heavy atom. The molecule has 0 spiro atoms. The summed E-state index contributed by atoms with van der Waals surface area (Å²) in [5.41, 5.74) is 0.536. The van der Waals surface area contributed by atoms with Gasteiger partial charge in [0.15, 0.2) is 5.96 Å². The van der Waals surface area contributed by atoms with Crippen LogP contribution in [0.15, 0.2) is 29.3 Å². The molecule has 11 heteroatoms. The lowest BCUT2D eigenvalue weighted by molar-refractivity contribution is -0.0504. The number of alkyl halides is 2. The van der Waals surface area contributed by atoms with Gasteiger partial charge in [0.2, 0.25) is 0 Å². The van der Waals surface area contributed by atoms with Gasteiger partial charge in [-0.2, -0.15) is 8.78 Å². The molecule has 0 saturated heterocycles. The van der Waals surface area contributed by atoms with Crippen LogP contribution in [0.3, 0.4) is 0 Å². The van der Waals surface area contributed by atoms with Crippen molar-refractivity contribution in [3.8, 4) is 5.75 Å². The van der Waals surface area contributed by atoms with E-state index < -0.39 is 16.4 Å². The fourth-order valence-electron chi connectivity index (χ4n) is 1.91. The van der Waals surface area contributed by atoms with Crippen LogP contribution in [0.1, 0.15) is 12.5 Å². The van der Waals surface area contributed by atoms with Gasteiger partial charge in [0.1, 0.15) is 15.6 Å². The number of nitrogens with one attached hydrogen (secondary N) is 2. The molecule has 0 amide bonds. The van der Waals surface area contributed by atoms with Crippen LogP contribution in [0.4, 0.5) is 8.78 Å². The van der Waals surface area contributed by atoms with Gasteiger partial charge in [-0.15, -0.1) is 24.0 Å². The average molecular weight is 521 g/mol. The van der Waals surface area contributed by atoms with E-state index in [9.17, 15) is 17.2 Å². The van der Waals surface area contributed by atoms with Gasteiger partial charge in [0, 0.05) is 24.9 Å². The Kier molecular flexibility index (Phi) is 13.3. The highest BCUT2D eigenvalue weighted by Gasteiger charge is 2.09. The Hall–Kier alpha value is -1.21. The Balaban J connectivity index is 0.00000676. The lowest BCUT2D eigenvalue weighted by Crippen LogP contribution is -2.39. The first-order chi connectivity index (χ1) is 12.3. The second-order valence-corrected chi connectivity index (χ2v) is 7.61. The Morgan fingerprint density at radius 2 is 1.93 bits per heavy atom. The van der Waals surface area contributed by atoms with Crippen molar-refractivity contribution < 1.29 is 26.7 Å². The summed E-state index contributed by atoms with van der Waals surface area (Å²) >= 11 is 0. The van der Waals surface area contributed by atoms with Crippen LogP contribution < -0.4 is 15.4 Å². The van der Waals surface area contributed by atoms with Crippen LogP contribution in [0.5, 0.6) is 5.75 Å². The summed E-state index contributed by atoms with van der Waals surface area (Å²) in [5.74, 6) is 0.555. The van der Waals surface area contributed by atoms with Gasteiger partial charge in [0.25, 0.3) is 0 Å². The van der Waals surface area contributed by atoms with E-state index in [0.717, 1.165) is 6.26 Å². The molecule has 0 radical (unpaired) electrons. The Bertz CT molecular complexity index is 675. The minimum Gasteiger partial charge on any atom is -0.434 e. The Morgan fingerprint density at radius 1 is 1.22 bits per heavy atom. The minimum absolute atomic E-state index is 0. The molecule has 0 unspecified atom stereocenters. The highest BCUT2D eigenvalue weighted by Crippen LogP contribution is 2.20. The third kappa shape index (κ3) is 12.7. The SMILES string of the molecule is CCNC(=NCc1ccccc1OC(F)F)NCCOCCS(C)(=O)=O.I. The molecule has 27 heavy (non-hydrogen) atoms. The molecule has 2 N–H and O–H groups in total. The van der Waals surface area contributed by atoms with Crippen LogP contribution in [-0.2, 0) is 21.1 Å². The maximum absolute atomic E-state index is 12.4. The molecule has 1 aromatic carbocycles. The molecule has 1 aromatic rings. The summed E-state index contributed by atoms with van der Waals surface area (Å²) in [6.07, 6.45) is 1.15. The van der Waals surface area contributed by atoms with Gasteiger partial charge in [-0.1, -0.05) is 18.2 Å². The van der Waals surface area contributed by atoms with E-state index in [0.29, 0.717) is 31.2 Å². The predicted octanol–water partition coefficient (Wildman–Crippen LogP) is 2.02. The summed E-state index contributed by atoms with van der Waals surface area (Å²) < 4.78 is 56.5. The highest BCUT2D eigenvalue weighted by atomic mass is 127. The van der Waals surface area contributed by atoms with Gasteiger partial charge in [-0.05, 0) is 13.0 Å². The minimum atomic E-state index is -3.04. The van der Waals surface area contributed by atoms with Gasteiger partial charge < -0.3 is 20.1 Å². The van der Waals surface area contributed by atoms with E-state index in [4.69, 9.17) is 4.74 Å². The number of aliphatic imine (C=N–C) groups is 1. The summed E-state index contributed by atoms with van der Waals surface area (Å²) in [4.78, 5) is 4.33. The summed E-state index contributed by atoms with van der Waals surface area (Å²) in [6.45, 7) is 0.648. The predicted molar refractivity (Wildman–Crippen MR) is 112 cm³/mol. The molecule has 0 bridgehead atoms. The molecule has 0 aliphatic carbocycles. The van der Waals surface area contributed by atoms with Crippen LogP contribution in [0.25, 0.3) is 0 Å². The fourth-order valence-corrected chi connectivity index (χ4v) is 2.33. The summed E-state index contributed by atoms with van der Waals surface area (Å²) in [6, 6.07) is 6.47. The zero-order valence-electron chi connectivity index (χ0n) is 15.3. The monoisotopic (exact) mass is 521 g/mol. The van der Waals surface area contributed by atoms with E-state index in [1.54, 1.807) is 18.2 Å². The number of benzene rings is 1. The number of sulfone groups is 1.